The van der Waals surface area contributed by atoms with Crippen LogP contribution in [0.3, 0.4) is 0 Å². The van der Waals surface area contributed by atoms with Crippen LogP contribution in [0.1, 0.15) is 61.8 Å². The number of hydrogen-bond donors (Lipinski definition) is 0. The fraction of sp³-hybridized carbons (Fsp3) is 0.467. The lowest BCUT2D eigenvalue weighted by Crippen LogP contribution is -2.42. The van der Waals surface area contributed by atoms with Crippen molar-refractivity contribution < 1.29 is 38.1 Å². The Morgan fingerprint density at radius 1 is 0.500 bits per heavy atom. The molecule has 0 amide bonds. The van der Waals surface area contributed by atoms with Crippen LogP contribution in [0.5, 0.6) is 0 Å². The first-order valence-electron chi connectivity index (χ1n) is 13.0. The molecule has 0 fully saturated rings. The van der Waals surface area contributed by atoms with Gasteiger partial charge in [0.1, 0.15) is 0 Å². The number of benzene rings is 2. The number of aryl methyl sites for hydroxylation is 2. The number of rotatable bonds is 13. The van der Waals surface area contributed by atoms with Crippen molar-refractivity contribution in [3.63, 3.8) is 0 Å². The first-order chi connectivity index (χ1) is 18.2. The van der Waals surface area contributed by atoms with Gasteiger partial charge in [-0.05, 0) is 52.7 Å². The first kappa shape index (κ1) is 30.5. The summed E-state index contributed by atoms with van der Waals surface area (Å²) in [7, 11) is 0. The highest BCUT2D eigenvalue weighted by Gasteiger charge is 2.50. The van der Waals surface area contributed by atoms with Crippen molar-refractivity contribution in [1.29, 1.82) is 0 Å². The Kier molecular flexibility index (Phi) is 12.0. The second-order valence-corrected chi connectivity index (χ2v) is 8.84. The summed E-state index contributed by atoms with van der Waals surface area (Å²) < 4.78 is 21.3. The molecule has 0 N–H and O–H groups in total. The predicted molar refractivity (Wildman–Crippen MR) is 141 cm³/mol. The Hall–Kier alpha value is -3.68. The maximum absolute atomic E-state index is 13.4. The first-order valence-corrected chi connectivity index (χ1v) is 13.0. The molecule has 0 saturated carbocycles. The van der Waals surface area contributed by atoms with E-state index in [-0.39, 0.29) is 26.4 Å². The highest BCUT2D eigenvalue weighted by molar-refractivity contribution is 5.99. The Morgan fingerprint density at radius 3 is 0.947 bits per heavy atom. The molecule has 2 aromatic carbocycles. The summed E-state index contributed by atoms with van der Waals surface area (Å²) in [6.07, 6.45) is 0. The third-order valence-electron chi connectivity index (χ3n) is 6.19. The standard InChI is InChI=1S/C30H38O8/c1-7-35-27(31)25(28(32)36-8-2)23(21-15-11-19(5)12-16-21)24(22-17-13-20(6)14-18-22)26(29(33)37-9-3)30(34)38-10-4/h11-18,23-26H,7-10H2,1-6H3/t23-,24-/m0/s1. The van der Waals surface area contributed by atoms with Gasteiger partial charge in [-0.15, -0.1) is 0 Å². The largest absolute Gasteiger partial charge is 0.465 e. The van der Waals surface area contributed by atoms with Crippen molar-refractivity contribution in [3.05, 3.63) is 70.8 Å². The van der Waals surface area contributed by atoms with E-state index in [1.54, 1.807) is 52.0 Å². The Labute approximate surface area is 224 Å². The molecule has 0 saturated heterocycles. The molecule has 0 heterocycles. The highest BCUT2D eigenvalue weighted by atomic mass is 16.6. The van der Waals surface area contributed by atoms with Crippen LogP contribution in [0.15, 0.2) is 48.5 Å². The number of ether oxygens (including phenoxy) is 4. The summed E-state index contributed by atoms with van der Waals surface area (Å²) in [5.74, 6) is -8.18. The van der Waals surface area contributed by atoms with Crippen LogP contribution in [-0.4, -0.2) is 50.3 Å². The summed E-state index contributed by atoms with van der Waals surface area (Å²) in [4.78, 5) is 53.6. The van der Waals surface area contributed by atoms with Gasteiger partial charge in [-0.2, -0.15) is 0 Å². The van der Waals surface area contributed by atoms with Crippen molar-refractivity contribution in [2.24, 2.45) is 11.8 Å². The summed E-state index contributed by atoms with van der Waals surface area (Å²) >= 11 is 0. The van der Waals surface area contributed by atoms with Crippen LogP contribution < -0.4 is 0 Å². The Balaban J connectivity index is 2.95. The molecule has 2 atom stereocenters. The molecule has 0 radical (unpaired) electrons. The van der Waals surface area contributed by atoms with Crippen LogP contribution in [-0.2, 0) is 38.1 Å². The molecule has 38 heavy (non-hydrogen) atoms. The summed E-state index contributed by atoms with van der Waals surface area (Å²) in [5, 5.41) is 0. The van der Waals surface area contributed by atoms with Gasteiger partial charge in [-0.3, -0.25) is 19.2 Å². The predicted octanol–water partition coefficient (Wildman–Crippen LogP) is 4.66. The third kappa shape index (κ3) is 7.66. The number of carbonyl (C=O) groups excluding carboxylic acids is 4. The summed E-state index contributed by atoms with van der Waals surface area (Å²) in [6.45, 7) is 10.5. The number of esters is 4. The molecule has 0 bridgehead atoms. The summed E-state index contributed by atoms with van der Waals surface area (Å²) in [6, 6.07) is 14.5. The SMILES string of the molecule is CCOC(=O)C(C(=O)OCC)[C@@H](c1ccc(C)cc1)[C@H](c1ccc(C)cc1)C(C(=O)OCC)C(=O)OCC. The normalized spacial score (nSPS) is 12.5. The lowest BCUT2D eigenvalue weighted by atomic mass is 9.68. The highest BCUT2D eigenvalue weighted by Crippen LogP contribution is 2.45. The molecule has 0 unspecified atom stereocenters. The molecular weight excluding hydrogens is 488 g/mol. The van der Waals surface area contributed by atoms with Crippen LogP contribution in [0, 0.1) is 25.7 Å². The monoisotopic (exact) mass is 526 g/mol. The zero-order valence-electron chi connectivity index (χ0n) is 23.0. The lowest BCUT2D eigenvalue weighted by molar-refractivity contribution is -0.169. The van der Waals surface area contributed by atoms with E-state index in [2.05, 4.69) is 0 Å². The van der Waals surface area contributed by atoms with Crippen molar-refractivity contribution in [1.82, 2.24) is 0 Å². The van der Waals surface area contributed by atoms with Crippen molar-refractivity contribution in [3.8, 4) is 0 Å². The van der Waals surface area contributed by atoms with Gasteiger partial charge in [0.15, 0.2) is 11.8 Å². The van der Waals surface area contributed by atoms with Crippen LogP contribution in [0.4, 0.5) is 0 Å². The molecule has 8 nitrogen and oxygen atoms in total. The average molecular weight is 527 g/mol. The smallest absolute Gasteiger partial charge is 0.320 e. The van der Waals surface area contributed by atoms with Gasteiger partial charge in [0.2, 0.25) is 0 Å². The van der Waals surface area contributed by atoms with Crippen LogP contribution >= 0.6 is 0 Å². The van der Waals surface area contributed by atoms with Gasteiger partial charge in [0.05, 0.1) is 26.4 Å². The minimum Gasteiger partial charge on any atom is -0.465 e. The van der Waals surface area contributed by atoms with Gasteiger partial charge in [0.25, 0.3) is 0 Å². The zero-order valence-corrected chi connectivity index (χ0v) is 23.0. The molecule has 0 spiro atoms. The zero-order chi connectivity index (χ0) is 28.2. The minimum absolute atomic E-state index is 0.0315. The van der Waals surface area contributed by atoms with Crippen LogP contribution in [0.25, 0.3) is 0 Å². The topological polar surface area (TPSA) is 105 Å². The van der Waals surface area contributed by atoms with E-state index < -0.39 is 47.5 Å². The number of carbonyl (C=O) groups is 4. The maximum atomic E-state index is 13.4. The molecule has 2 rings (SSSR count). The quantitative estimate of drug-likeness (QED) is 0.211. The van der Waals surface area contributed by atoms with Gasteiger partial charge in [0, 0.05) is 11.8 Å². The van der Waals surface area contributed by atoms with E-state index in [4.69, 9.17) is 18.9 Å². The second-order valence-electron chi connectivity index (χ2n) is 8.84. The molecular formula is C30H38O8. The Morgan fingerprint density at radius 2 is 0.737 bits per heavy atom. The fourth-order valence-corrected chi connectivity index (χ4v) is 4.50. The molecule has 0 aromatic heterocycles. The van der Waals surface area contributed by atoms with E-state index in [1.807, 2.05) is 38.1 Å². The number of hydrogen-bond acceptors (Lipinski definition) is 8. The van der Waals surface area contributed by atoms with Crippen molar-refractivity contribution in [2.75, 3.05) is 26.4 Å². The van der Waals surface area contributed by atoms with Crippen molar-refractivity contribution in [2.45, 2.75) is 53.4 Å². The summed E-state index contributed by atoms with van der Waals surface area (Å²) in [5.41, 5.74) is 3.03. The molecule has 0 aliphatic carbocycles. The van der Waals surface area contributed by atoms with E-state index in [0.29, 0.717) is 11.1 Å². The van der Waals surface area contributed by atoms with Gasteiger partial charge < -0.3 is 18.9 Å². The van der Waals surface area contributed by atoms with E-state index in [9.17, 15) is 19.2 Å². The van der Waals surface area contributed by atoms with E-state index >= 15 is 0 Å². The maximum Gasteiger partial charge on any atom is 0.320 e. The molecule has 2 aromatic rings. The van der Waals surface area contributed by atoms with Crippen LogP contribution in [0.2, 0.25) is 0 Å². The molecule has 8 heteroatoms. The Bertz CT molecular complexity index is 951. The van der Waals surface area contributed by atoms with Gasteiger partial charge in [-0.25, -0.2) is 0 Å². The second kappa shape index (κ2) is 14.9. The molecule has 0 aliphatic rings. The van der Waals surface area contributed by atoms with Crippen molar-refractivity contribution >= 4 is 23.9 Å². The fourth-order valence-electron chi connectivity index (χ4n) is 4.50. The van der Waals surface area contributed by atoms with Gasteiger partial charge >= 0.3 is 23.9 Å². The third-order valence-corrected chi connectivity index (χ3v) is 6.19. The molecule has 0 aliphatic heterocycles. The average Bonchev–Trinajstić information content (AvgIpc) is 2.87. The lowest BCUT2D eigenvalue weighted by Gasteiger charge is -2.35. The van der Waals surface area contributed by atoms with E-state index in [1.165, 1.54) is 0 Å². The molecule has 206 valence electrons. The minimum atomic E-state index is -1.46. The van der Waals surface area contributed by atoms with Gasteiger partial charge in [-0.1, -0.05) is 59.7 Å². The van der Waals surface area contributed by atoms with E-state index in [0.717, 1.165) is 11.1 Å².